The molecule has 0 radical (unpaired) electrons. The Balaban J connectivity index is 1.56. The number of nitrogens with two attached hydrogens (primary N) is 5. The van der Waals surface area contributed by atoms with E-state index in [2.05, 4.69) is 10.6 Å². The minimum atomic E-state index is -1.69. The van der Waals surface area contributed by atoms with Crippen LogP contribution < -0.4 is 39.3 Å². The summed E-state index contributed by atoms with van der Waals surface area (Å²) in [4.78, 5) is 13.1. The van der Waals surface area contributed by atoms with Crippen LogP contribution in [-0.4, -0.2) is 154 Å². The fourth-order valence-electron chi connectivity index (χ4n) is 6.72. The number of amides is 1. The summed E-state index contributed by atoms with van der Waals surface area (Å²) < 4.78 is 17.9. The Labute approximate surface area is 250 Å². The lowest BCUT2D eigenvalue weighted by atomic mass is 9.71. The molecular weight excluding hydrogens is 570 g/mol. The van der Waals surface area contributed by atoms with Crippen molar-refractivity contribution in [2.45, 2.75) is 123 Å². The third-order valence-corrected chi connectivity index (χ3v) is 9.29. The summed E-state index contributed by atoms with van der Waals surface area (Å²) in [7, 11) is 0. The summed E-state index contributed by atoms with van der Waals surface area (Å²) in [6, 6.07) is -4.03. The van der Waals surface area contributed by atoms with E-state index in [0.29, 0.717) is 19.6 Å². The van der Waals surface area contributed by atoms with E-state index in [1.54, 1.807) is 0 Å². The van der Waals surface area contributed by atoms with Crippen molar-refractivity contribution in [2.24, 2.45) is 34.6 Å². The second-order valence-electron chi connectivity index (χ2n) is 12.6. The molecule has 18 N–H and O–H groups in total. The molecular formula is C26H51N7O10. The fourth-order valence-corrected chi connectivity index (χ4v) is 6.72. The van der Waals surface area contributed by atoms with Crippen LogP contribution >= 0.6 is 0 Å². The number of nitrogens with one attached hydrogen (secondary N) is 2. The van der Waals surface area contributed by atoms with E-state index in [1.807, 2.05) is 0 Å². The molecule has 2 saturated carbocycles. The van der Waals surface area contributed by atoms with Gasteiger partial charge in [-0.25, -0.2) is 0 Å². The van der Waals surface area contributed by atoms with E-state index in [0.717, 1.165) is 6.42 Å². The number of hydrogen-bond donors (Lipinski definition) is 13. The van der Waals surface area contributed by atoms with Gasteiger partial charge in [0.1, 0.15) is 30.0 Å². The minimum absolute atomic E-state index is 0.0513. The maximum Gasteiger partial charge on any atom is 0.252 e. The molecule has 2 aliphatic carbocycles. The first-order valence-electron chi connectivity index (χ1n) is 15.1. The van der Waals surface area contributed by atoms with Crippen molar-refractivity contribution in [1.29, 1.82) is 0 Å². The maximum absolute atomic E-state index is 13.1. The largest absolute Gasteiger partial charge is 0.394 e. The molecule has 0 aromatic heterocycles. The van der Waals surface area contributed by atoms with Gasteiger partial charge in [-0.05, 0) is 32.4 Å². The quantitative estimate of drug-likeness (QED) is 0.0953. The highest BCUT2D eigenvalue weighted by Gasteiger charge is 2.55. The smallest absolute Gasteiger partial charge is 0.252 e. The van der Waals surface area contributed by atoms with Crippen molar-refractivity contribution in [2.75, 3.05) is 26.2 Å². The van der Waals surface area contributed by atoms with Gasteiger partial charge in [0.2, 0.25) is 0 Å². The van der Waals surface area contributed by atoms with Crippen LogP contribution in [0.5, 0.6) is 0 Å². The zero-order valence-corrected chi connectivity index (χ0v) is 24.2. The van der Waals surface area contributed by atoms with Crippen molar-refractivity contribution in [3.8, 4) is 0 Å². The first-order chi connectivity index (χ1) is 20.3. The molecule has 1 amide bonds. The van der Waals surface area contributed by atoms with Crippen LogP contribution in [0.15, 0.2) is 0 Å². The summed E-state index contributed by atoms with van der Waals surface area (Å²) >= 11 is 0. The van der Waals surface area contributed by atoms with Gasteiger partial charge in [-0.1, -0.05) is 0 Å². The molecule has 0 spiro atoms. The molecule has 2 aliphatic heterocycles. The van der Waals surface area contributed by atoms with Crippen LogP contribution in [0.2, 0.25) is 0 Å². The van der Waals surface area contributed by atoms with Gasteiger partial charge in [-0.2, -0.15) is 0 Å². The SMILES string of the molecule is NCCCNCC1OC(C2C(N)CC(NC(=O)C3(O)CC(N)C3)C(OC3OC(CO)C(O)C(N)C3O)C2O)C(N)CC1O. The van der Waals surface area contributed by atoms with E-state index < -0.39 is 103 Å². The van der Waals surface area contributed by atoms with Gasteiger partial charge in [0.25, 0.3) is 5.91 Å². The van der Waals surface area contributed by atoms with Gasteiger partial charge in [0.15, 0.2) is 6.29 Å². The molecule has 17 heteroatoms. The topological polar surface area (TPSA) is 320 Å². The normalized spacial score (nSPS) is 48.9. The molecule has 14 atom stereocenters. The minimum Gasteiger partial charge on any atom is -0.394 e. The zero-order chi connectivity index (χ0) is 31.6. The lowest BCUT2D eigenvalue weighted by molar-refractivity contribution is -0.306. The summed E-state index contributed by atoms with van der Waals surface area (Å²) in [5.74, 6) is -1.56. The van der Waals surface area contributed by atoms with Gasteiger partial charge in [-0.3, -0.25) is 4.79 Å². The van der Waals surface area contributed by atoms with E-state index in [4.69, 9.17) is 42.9 Å². The standard InChI is InChI=1S/C26H51N7O10/c27-2-1-3-32-8-15-14(35)5-12(30)22(41-15)17-11(29)4-13(33-25(39)26(40)6-10(28)7-26)23(20(17)37)43-24-21(38)18(31)19(36)16(9-34)42-24/h10-24,32,34-38,40H,1-9,27-31H2,(H,33,39). The molecule has 2 saturated heterocycles. The lowest BCUT2D eigenvalue weighted by Gasteiger charge is -2.52. The molecule has 4 rings (SSSR count). The van der Waals surface area contributed by atoms with Gasteiger partial charge in [0, 0.05) is 43.4 Å². The molecule has 250 valence electrons. The average molecular weight is 622 g/mol. The summed E-state index contributed by atoms with van der Waals surface area (Å²) in [5.41, 5.74) is 28.6. The van der Waals surface area contributed by atoms with Crippen LogP contribution in [0.4, 0.5) is 0 Å². The lowest BCUT2D eigenvalue weighted by Crippen LogP contribution is -2.71. The fraction of sp³-hybridized carbons (Fsp3) is 0.962. The van der Waals surface area contributed by atoms with Crippen LogP contribution in [0.1, 0.15) is 32.1 Å². The Morgan fingerprint density at radius 3 is 2.28 bits per heavy atom. The highest BCUT2D eigenvalue weighted by Crippen LogP contribution is 2.38. The van der Waals surface area contributed by atoms with Crippen LogP contribution in [-0.2, 0) is 19.0 Å². The van der Waals surface area contributed by atoms with Crippen molar-refractivity contribution in [3.63, 3.8) is 0 Å². The van der Waals surface area contributed by atoms with Crippen LogP contribution in [0.25, 0.3) is 0 Å². The van der Waals surface area contributed by atoms with Gasteiger partial charge < -0.3 is 84.2 Å². The number of aliphatic hydroxyl groups is 6. The number of carbonyl (C=O) groups excluding carboxylic acids is 1. The van der Waals surface area contributed by atoms with Crippen molar-refractivity contribution in [3.05, 3.63) is 0 Å². The average Bonchev–Trinajstić information content (AvgIpc) is 2.94. The maximum atomic E-state index is 13.1. The summed E-state index contributed by atoms with van der Waals surface area (Å²) in [6.45, 7) is 0.814. The van der Waals surface area contributed by atoms with E-state index in [-0.39, 0.29) is 31.7 Å². The molecule has 4 fully saturated rings. The Morgan fingerprint density at radius 1 is 0.953 bits per heavy atom. The van der Waals surface area contributed by atoms with Crippen molar-refractivity contribution in [1.82, 2.24) is 10.6 Å². The summed E-state index contributed by atoms with van der Waals surface area (Å²) in [5, 5.41) is 69.7. The Kier molecular flexibility index (Phi) is 11.7. The molecule has 0 aromatic rings. The van der Waals surface area contributed by atoms with E-state index in [9.17, 15) is 35.4 Å². The van der Waals surface area contributed by atoms with E-state index >= 15 is 0 Å². The zero-order valence-electron chi connectivity index (χ0n) is 24.2. The number of ether oxygens (including phenoxy) is 3. The third kappa shape index (κ3) is 7.48. The number of hydrogen-bond acceptors (Lipinski definition) is 16. The Hall–Kier alpha value is -1.13. The summed E-state index contributed by atoms with van der Waals surface area (Å²) in [6.07, 6.45) is -9.63. The monoisotopic (exact) mass is 621 g/mol. The number of rotatable bonds is 11. The second kappa shape index (κ2) is 14.5. The predicted molar refractivity (Wildman–Crippen MR) is 151 cm³/mol. The second-order valence-corrected chi connectivity index (χ2v) is 12.6. The van der Waals surface area contributed by atoms with Crippen molar-refractivity contribution >= 4 is 5.91 Å². The van der Waals surface area contributed by atoms with E-state index in [1.165, 1.54) is 0 Å². The molecule has 14 unspecified atom stereocenters. The highest BCUT2D eigenvalue weighted by atomic mass is 16.7. The molecule has 4 aliphatic rings. The highest BCUT2D eigenvalue weighted by molar-refractivity contribution is 5.86. The molecule has 2 heterocycles. The third-order valence-electron chi connectivity index (χ3n) is 9.29. The van der Waals surface area contributed by atoms with Gasteiger partial charge in [-0.15, -0.1) is 0 Å². The Morgan fingerprint density at radius 2 is 1.65 bits per heavy atom. The van der Waals surface area contributed by atoms with Crippen molar-refractivity contribution < 1.29 is 49.6 Å². The molecule has 17 nitrogen and oxygen atoms in total. The van der Waals surface area contributed by atoms with Gasteiger partial charge in [0.05, 0.1) is 43.1 Å². The first kappa shape index (κ1) is 34.7. The van der Waals surface area contributed by atoms with Crippen LogP contribution in [0, 0.1) is 5.92 Å². The van der Waals surface area contributed by atoms with Gasteiger partial charge >= 0.3 is 0 Å². The Bertz CT molecular complexity index is 918. The number of carbonyl (C=O) groups is 1. The van der Waals surface area contributed by atoms with Crippen LogP contribution in [0.3, 0.4) is 0 Å². The predicted octanol–water partition coefficient (Wildman–Crippen LogP) is -7.03. The molecule has 0 aromatic carbocycles. The number of aliphatic hydroxyl groups excluding tert-OH is 5. The molecule has 0 bridgehead atoms. The molecule has 43 heavy (non-hydrogen) atoms. The first-order valence-corrected chi connectivity index (χ1v) is 15.1.